The average molecular weight is 240 g/mol. The fraction of sp³-hybridized carbons (Fsp3) is 0. The molecule has 0 aliphatic heterocycles. The van der Waals surface area contributed by atoms with E-state index in [1.54, 1.807) is 6.07 Å². The molecule has 0 amide bonds. The molecule has 2 aromatic rings. The summed E-state index contributed by atoms with van der Waals surface area (Å²) in [6, 6.07) is 3.54. The van der Waals surface area contributed by atoms with Crippen LogP contribution in [0.2, 0.25) is 0 Å². The van der Waals surface area contributed by atoms with E-state index < -0.39 is 6.16 Å². The van der Waals surface area contributed by atoms with Crippen molar-refractivity contribution in [2.24, 2.45) is 0 Å². The van der Waals surface area contributed by atoms with Gasteiger partial charge in [-0.15, -0.1) is 11.3 Å². The van der Waals surface area contributed by atoms with E-state index in [1.165, 1.54) is 11.3 Å². The van der Waals surface area contributed by atoms with Crippen LogP contribution in [0, 0.1) is 11.3 Å². The highest BCUT2D eigenvalue weighted by Crippen LogP contribution is 2.41. The molecular formula is C8H4N2O3S2. The van der Waals surface area contributed by atoms with E-state index in [2.05, 4.69) is 4.74 Å². The number of carboxylic acid groups (broad SMARTS) is 1. The Morgan fingerprint density at radius 3 is 2.93 bits per heavy atom. The summed E-state index contributed by atoms with van der Waals surface area (Å²) < 4.78 is 5.93. The second kappa shape index (κ2) is 3.42. The first-order valence-corrected chi connectivity index (χ1v) is 5.38. The van der Waals surface area contributed by atoms with Gasteiger partial charge in [-0.25, -0.2) is 4.79 Å². The highest BCUT2D eigenvalue weighted by molar-refractivity contribution is 7.31. The predicted molar refractivity (Wildman–Crippen MR) is 57.5 cm³/mol. The fourth-order valence-corrected chi connectivity index (χ4v) is 3.27. The summed E-state index contributed by atoms with van der Waals surface area (Å²) in [5.41, 5.74) is 5.99. The van der Waals surface area contributed by atoms with Crippen molar-refractivity contribution in [3.63, 3.8) is 0 Å². The highest BCUT2D eigenvalue weighted by Gasteiger charge is 2.15. The number of nitrogen functional groups attached to an aromatic ring is 1. The van der Waals surface area contributed by atoms with Gasteiger partial charge in [-0.1, -0.05) is 11.3 Å². The van der Waals surface area contributed by atoms with Crippen LogP contribution in [-0.4, -0.2) is 11.3 Å². The third-order valence-electron chi connectivity index (χ3n) is 1.67. The minimum absolute atomic E-state index is 0.250. The predicted octanol–water partition coefficient (Wildman–Crippen LogP) is 2.47. The summed E-state index contributed by atoms with van der Waals surface area (Å²) in [7, 11) is 0. The van der Waals surface area contributed by atoms with Crippen LogP contribution < -0.4 is 10.5 Å². The molecule has 0 radical (unpaired) electrons. The molecule has 15 heavy (non-hydrogen) atoms. The van der Waals surface area contributed by atoms with Gasteiger partial charge in [0.2, 0.25) is 0 Å². The average Bonchev–Trinajstić information content (AvgIpc) is 2.59. The zero-order valence-electron chi connectivity index (χ0n) is 7.18. The molecule has 0 fully saturated rings. The van der Waals surface area contributed by atoms with Gasteiger partial charge < -0.3 is 15.6 Å². The maximum absolute atomic E-state index is 10.3. The lowest BCUT2D eigenvalue weighted by molar-refractivity contribution is 0.146. The first-order valence-electron chi connectivity index (χ1n) is 3.74. The van der Waals surface area contributed by atoms with E-state index in [9.17, 15) is 4.79 Å². The first kappa shape index (κ1) is 9.76. The lowest BCUT2D eigenvalue weighted by Crippen LogP contribution is -2.00. The maximum Gasteiger partial charge on any atom is 0.512 e. The van der Waals surface area contributed by atoms with E-state index >= 15 is 0 Å². The molecular weight excluding hydrogens is 236 g/mol. The molecule has 0 aliphatic carbocycles. The molecule has 0 aliphatic rings. The zero-order chi connectivity index (χ0) is 11.0. The normalized spacial score (nSPS) is 10.1. The van der Waals surface area contributed by atoms with Crippen LogP contribution in [0.1, 0.15) is 5.56 Å². The lowest BCUT2D eigenvalue weighted by Gasteiger charge is -1.91. The number of hydrogen-bond acceptors (Lipinski definition) is 6. The number of nitriles is 1. The van der Waals surface area contributed by atoms with E-state index in [-0.39, 0.29) is 5.06 Å². The fourth-order valence-electron chi connectivity index (χ4n) is 1.13. The topological polar surface area (TPSA) is 96.3 Å². The van der Waals surface area contributed by atoms with E-state index in [4.69, 9.17) is 16.1 Å². The third-order valence-corrected chi connectivity index (χ3v) is 3.79. The van der Waals surface area contributed by atoms with Crippen LogP contribution in [-0.2, 0) is 0 Å². The van der Waals surface area contributed by atoms with E-state index in [1.807, 2.05) is 6.07 Å². The third kappa shape index (κ3) is 1.60. The number of rotatable bonds is 1. The number of nitrogens with zero attached hydrogens (tertiary/aromatic N) is 1. The minimum atomic E-state index is -1.37. The smallest absolute Gasteiger partial charge is 0.449 e. The van der Waals surface area contributed by atoms with Gasteiger partial charge in [0.1, 0.15) is 16.6 Å². The van der Waals surface area contributed by atoms with Crippen LogP contribution in [0.15, 0.2) is 6.07 Å². The number of anilines is 1. The number of nitrogens with two attached hydrogens (primary N) is 1. The standard InChI is InChI=1S/C8H4N2O3S2/c9-2-3-6-4(14-7(3)10)1-5(15-6)13-8(11)12/h1H,10H2,(H,11,12). The highest BCUT2D eigenvalue weighted by atomic mass is 32.1. The quantitative estimate of drug-likeness (QED) is 0.746. The molecule has 0 spiro atoms. The van der Waals surface area contributed by atoms with Gasteiger partial charge in [0.15, 0.2) is 5.06 Å². The molecule has 3 N–H and O–H groups in total. The Kier molecular flexibility index (Phi) is 2.22. The van der Waals surface area contributed by atoms with E-state index in [0.29, 0.717) is 15.3 Å². The number of hydrogen-bond donors (Lipinski definition) is 2. The first-order chi connectivity index (χ1) is 7.11. The summed E-state index contributed by atoms with van der Waals surface area (Å²) in [6.07, 6.45) is -1.37. The Hall–Kier alpha value is -1.78. The van der Waals surface area contributed by atoms with Gasteiger partial charge >= 0.3 is 6.16 Å². The van der Waals surface area contributed by atoms with Crippen LogP contribution in [0.25, 0.3) is 9.40 Å². The molecule has 0 aromatic carbocycles. The Morgan fingerprint density at radius 2 is 2.33 bits per heavy atom. The molecule has 0 atom stereocenters. The Balaban J connectivity index is 2.54. The monoisotopic (exact) mass is 240 g/mol. The molecule has 0 unspecified atom stereocenters. The van der Waals surface area contributed by atoms with Crippen molar-refractivity contribution >= 4 is 43.2 Å². The molecule has 2 rings (SSSR count). The van der Waals surface area contributed by atoms with Crippen molar-refractivity contribution in [1.29, 1.82) is 5.26 Å². The summed E-state index contributed by atoms with van der Waals surface area (Å²) in [6.45, 7) is 0. The molecule has 0 saturated carbocycles. The van der Waals surface area contributed by atoms with Gasteiger partial charge in [0.05, 0.1) is 9.40 Å². The van der Waals surface area contributed by atoms with Gasteiger partial charge in [-0.2, -0.15) is 5.26 Å². The maximum atomic E-state index is 10.3. The molecule has 2 aromatic heterocycles. The molecule has 2 heterocycles. The van der Waals surface area contributed by atoms with Crippen LogP contribution in [0.5, 0.6) is 5.06 Å². The van der Waals surface area contributed by atoms with Crippen LogP contribution in [0.3, 0.4) is 0 Å². The van der Waals surface area contributed by atoms with Gasteiger partial charge in [-0.3, -0.25) is 0 Å². The van der Waals surface area contributed by atoms with Crippen LogP contribution >= 0.6 is 22.7 Å². The van der Waals surface area contributed by atoms with Crippen LogP contribution in [0.4, 0.5) is 9.80 Å². The summed E-state index contributed by atoms with van der Waals surface area (Å²) in [5, 5.41) is 17.9. The van der Waals surface area contributed by atoms with Crippen molar-refractivity contribution < 1.29 is 14.6 Å². The SMILES string of the molecule is N#Cc1c(N)sc2cc(OC(=O)O)sc12. The molecule has 76 valence electrons. The Labute approximate surface area is 91.9 Å². The van der Waals surface area contributed by atoms with Gasteiger partial charge in [0.25, 0.3) is 0 Å². The molecule has 0 saturated heterocycles. The Bertz CT molecular complexity index is 578. The lowest BCUT2D eigenvalue weighted by atomic mass is 10.3. The molecule has 5 nitrogen and oxygen atoms in total. The number of carbonyl (C=O) groups is 1. The molecule has 7 heteroatoms. The zero-order valence-corrected chi connectivity index (χ0v) is 8.82. The minimum Gasteiger partial charge on any atom is -0.449 e. The number of ether oxygens (including phenoxy) is 1. The summed E-state index contributed by atoms with van der Waals surface area (Å²) in [5.74, 6) is 0. The van der Waals surface area contributed by atoms with Crippen molar-refractivity contribution in [1.82, 2.24) is 0 Å². The van der Waals surface area contributed by atoms with Gasteiger partial charge in [-0.05, 0) is 0 Å². The van der Waals surface area contributed by atoms with Gasteiger partial charge in [0, 0.05) is 6.07 Å². The summed E-state index contributed by atoms with van der Waals surface area (Å²) >= 11 is 2.35. The molecule has 0 bridgehead atoms. The number of fused-ring (bicyclic) bond motifs is 1. The van der Waals surface area contributed by atoms with Crippen molar-refractivity contribution in [2.75, 3.05) is 5.73 Å². The van der Waals surface area contributed by atoms with E-state index in [0.717, 1.165) is 16.0 Å². The van der Waals surface area contributed by atoms with Crippen molar-refractivity contribution in [3.8, 4) is 11.1 Å². The Morgan fingerprint density at radius 1 is 1.60 bits per heavy atom. The largest absolute Gasteiger partial charge is 0.512 e. The second-order valence-electron chi connectivity index (χ2n) is 2.58. The van der Waals surface area contributed by atoms with Crippen molar-refractivity contribution in [3.05, 3.63) is 11.6 Å². The second-order valence-corrected chi connectivity index (χ2v) is 4.68. The van der Waals surface area contributed by atoms with Crippen molar-refractivity contribution in [2.45, 2.75) is 0 Å². The number of thiophene rings is 2. The summed E-state index contributed by atoms with van der Waals surface area (Å²) in [4.78, 5) is 10.3.